The Balaban J connectivity index is 2.25. The molecular formula is C11H11FN2O4S. The fourth-order valence-corrected chi connectivity index (χ4v) is 2.85. The van der Waals surface area contributed by atoms with Crippen LogP contribution in [0.1, 0.15) is 10.4 Å². The average molecular weight is 286 g/mol. The highest BCUT2D eigenvalue weighted by molar-refractivity contribution is 7.85. The average Bonchev–Trinajstić information content (AvgIpc) is 2.39. The van der Waals surface area contributed by atoms with E-state index in [4.69, 9.17) is 0 Å². The highest BCUT2D eigenvalue weighted by Crippen LogP contribution is 2.19. The van der Waals surface area contributed by atoms with Crippen molar-refractivity contribution in [2.75, 3.05) is 24.6 Å². The van der Waals surface area contributed by atoms with Gasteiger partial charge in [-0.05, 0) is 6.07 Å². The summed E-state index contributed by atoms with van der Waals surface area (Å²) in [4.78, 5) is 23.4. The van der Waals surface area contributed by atoms with E-state index in [0.29, 0.717) is 11.5 Å². The quantitative estimate of drug-likeness (QED) is 0.598. The Morgan fingerprint density at radius 3 is 2.58 bits per heavy atom. The van der Waals surface area contributed by atoms with Crippen LogP contribution in [-0.4, -0.2) is 44.5 Å². The third kappa shape index (κ3) is 2.95. The Bertz CT molecular complexity index is 554. The predicted octanol–water partition coefficient (Wildman–Crippen LogP) is 0.938. The highest BCUT2D eigenvalue weighted by atomic mass is 32.2. The lowest BCUT2D eigenvalue weighted by Crippen LogP contribution is -2.42. The van der Waals surface area contributed by atoms with Crippen molar-refractivity contribution in [3.05, 3.63) is 39.7 Å². The van der Waals surface area contributed by atoms with E-state index in [-0.39, 0.29) is 24.3 Å². The number of hydrogen-bond donors (Lipinski definition) is 0. The second kappa shape index (κ2) is 5.43. The van der Waals surface area contributed by atoms with Crippen molar-refractivity contribution in [2.45, 2.75) is 0 Å². The van der Waals surface area contributed by atoms with E-state index in [9.17, 15) is 23.5 Å². The summed E-state index contributed by atoms with van der Waals surface area (Å²) in [6.07, 6.45) is 0. The van der Waals surface area contributed by atoms with Crippen LogP contribution in [0.2, 0.25) is 0 Å². The van der Waals surface area contributed by atoms with E-state index in [2.05, 4.69) is 0 Å². The normalized spacial score (nSPS) is 16.4. The number of non-ortho nitro benzene ring substituents is 1. The molecule has 1 aromatic rings. The topological polar surface area (TPSA) is 80.5 Å². The molecule has 0 spiro atoms. The number of nitro benzene ring substituents is 1. The standard InChI is InChI=1S/C11H11FN2O4S/c12-10-2-1-8(14(16)17)7-9(10)11(15)13-3-5-19(18)6-4-13/h1-2,7H,3-6H2. The van der Waals surface area contributed by atoms with Crippen LogP contribution in [0.15, 0.2) is 18.2 Å². The Kier molecular flexibility index (Phi) is 3.89. The second-order valence-electron chi connectivity index (χ2n) is 4.06. The van der Waals surface area contributed by atoms with Gasteiger partial charge in [0.05, 0.1) is 10.5 Å². The summed E-state index contributed by atoms with van der Waals surface area (Å²) in [6.45, 7) is 0.543. The number of nitrogens with zero attached hydrogens (tertiary/aromatic N) is 2. The zero-order chi connectivity index (χ0) is 14.0. The smallest absolute Gasteiger partial charge is 0.270 e. The van der Waals surface area contributed by atoms with Gasteiger partial charge in [0.1, 0.15) is 5.82 Å². The zero-order valence-electron chi connectivity index (χ0n) is 9.87. The maximum Gasteiger partial charge on any atom is 0.270 e. The number of amides is 1. The van der Waals surface area contributed by atoms with Gasteiger partial charge in [-0.2, -0.15) is 0 Å². The molecule has 0 bridgehead atoms. The number of benzene rings is 1. The maximum atomic E-state index is 13.6. The van der Waals surface area contributed by atoms with Gasteiger partial charge in [-0.3, -0.25) is 19.1 Å². The van der Waals surface area contributed by atoms with Gasteiger partial charge in [0.15, 0.2) is 0 Å². The van der Waals surface area contributed by atoms with Crippen LogP contribution < -0.4 is 0 Å². The molecule has 1 aliphatic rings. The lowest BCUT2D eigenvalue weighted by molar-refractivity contribution is -0.384. The SMILES string of the molecule is O=C(c1cc([N+](=O)[O-])ccc1F)N1CCS(=O)CC1. The minimum Gasteiger partial charge on any atom is -0.337 e. The van der Waals surface area contributed by atoms with Crippen LogP contribution in [0.25, 0.3) is 0 Å². The number of nitro groups is 1. The summed E-state index contributed by atoms with van der Waals surface area (Å²) >= 11 is 0. The van der Waals surface area contributed by atoms with Crippen molar-refractivity contribution in [1.29, 1.82) is 0 Å². The molecule has 19 heavy (non-hydrogen) atoms. The lowest BCUT2D eigenvalue weighted by Gasteiger charge is -2.26. The molecule has 0 aliphatic carbocycles. The lowest BCUT2D eigenvalue weighted by atomic mass is 10.1. The van der Waals surface area contributed by atoms with E-state index in [1.807, 2.05) is 0 Å². The van der Waals surface area contributed by atoms with Crippen LogP contribution in [0, 0.1) is 15.9 Å². The van der Waals surface area contributed by atoms with Gasteiger partial charge in [-0.15, -0.1) is 0 Å². The molecule has 1 amide bonds. The summed E-state index contributed by atoms with van der Waals surface area (Å²) in [5.41, 5.74) is -0.646. The summed E-state index contributed by atoms with van der Waals surface area (Å²) in [5.74, 6) is -0.690. The first-order chi connectivity index (χ1) is 8.99. The van der Waals surface area contributed by atoms with Gasteiger partial charge < -0.3 is 4.90 Å². The summed E-state index contributed by atoms with van der Waals surface area (Å²) in [5, 5.41) is 10.6. The fraction of sp³-hybridized carbons (Fsp3) is 0.364. The second-order valence-corrected chi connectivity index (χ2v) is 5.76. The molecule has 2 rings (SSSR count). The molecule has 6 nitrogen and oxygen atoms in total. The largest absolute Gasteiger partial charge is 0.337 e. The molecule has 1 saturated heterocycles. The van der Waals surface area contributed by atoms with E-state index < -0.39 is 27.4 Å². The van der Waals surface area contributed by atoms with Crippen molar-refractivity contribution in [3.63, 3.8) is 0 Å². The molecule has 1 aromatic carbocycles. The number of rotatable bonds is 2. The van der Waals surface area contributed by atoms with E-state index >= 15 is 0 Å². The van der Waals surface area contributed by atoms with Crippen molar-refractivity contribution in [2.24, 2.45) is 0 Å². The molecule has 1 fully saturated rings. The van der Waals surface area contributed by atoms with Gasteiger partial charge in [-0.25, -0.2) is 4.39 Å². The molecule has 0 radical (unpaired) electrons. The monoisotopic (exact) mass is 286 g/mol. The Labute approximate surface area is 110 Å². The minimum atomic E-state index is -0.947. The van der Waals surface area contributed by atoms with Crippen molar-refractivity contribution >= 4 is 22.4 Å². The van der Waals surface area contributed by atoms with Crippen LogP contribution in [0.5, 0.6) is 0 Å². The Hall–Kier alpha value is -1.83. The number of carbonyl (C=O) groups is 1. The maximum absolute atomic E-state index is 13.6. The molecule has 0 N–H and O–H groups in total. The molecule has 1 aliphatic heterocycles. The molecule has 0 aromatic heterocycles. The van der Waals surface area contributed by atoms with E-state index in [1.54, 1.807) is 0 Å². The van der Waals surface area contributed by atoms with Crippen LogP contribution >= 0.6 is 0 Å². The van der Waals surface area contributed by atoms with Crippen molar-refractivity contribution in [1.82, 2.24) is 4.90 Å². The van der Waals surface area contributed by atoms with E-state index in [0.717, 1.165) is 18.2 Å². The van der Waals surface area contributed by atoms with Crippen LogP contribution in [-0.2, 0) is 10.8 Å². The van der Waals surface area contributed by atoms with Gasteiger partial charge >= 0.3 is 0 Å². The fourth-order valence-electron chi connectivity index (χ4n) is 1.80. The Morgan fingerprint density at radius 2 is 2.00 bits per heavy atom. The third-order valence-electron chi connectivity index (χ3n) is 2.86. The Morgan fingerprint density at radius 1 is 1.37 bits per heavy atom. The van der Waals surface area contributed by atoms with Gasteiger partial charge in [0.2, 0.25) is 0 Å². The third-order valence-corrected chi connectivity index (χ3v) is 4.13. The molecular weight excluding hydrogens is 275 g/mol. The number of carbonyl (C=O) groups excluding carboxylic acids is 1. The van der Waals surface area contributed by atoms with Crippen molar-refractivity contribution in [3.8, 4) is 0 Å². The first-order valence-corrected chi connectivity index (χ1v) is 7.06. The van der Waals surface area contributed by atoms with Crippen LogP contribution in [0.4, 0.5) is 10.1 Å². The molecule has 0 atom stereocenters. The van der Waals surface area contributed by atoms with Gasteiger partial charge in [-0.1, -0.05) is 0 Å². The molecule has 8 heteroatoms. The first-order valence-electron chi connectivity index (χ1n) is 5.57. The van der Waals surface area contributed by atoms with Crippen LogP contribution in [0.3, 0.4) is 0 Å². The number of hydrogen-bond acceptors (Lipinski definition) is 4. The molecule has 102 valence electrons. The molecule has 1 heterocycles. The minimum absolute atomic E-state index is 0.271. The first kappa shape index (κ1) is 13.6. The molecule has 0 saturated carbocycles. The van der Waals surface area contributed by atoms with Gasteiger partial charge in [0.25, 0.3) is 11.6 Å². The summed E-state index contributed by atoms with van der Waals surface area (Å²) < 4.78 is 24.8. The summed E-state index contributed by atoms with van der Waals surface area (Å²) in [7, 11) is -0.947. The predicted molar refractivity (Wildman–Crippen MR) is 66.8 cm³/mol. The number of halogens is 1. The molecule has 0 unspecified atom stereocenters. The highest BCUT2D eigenvalue weighted by Gasteiger charge is 2.25. The zero-order valence-corrected chi connectivity index (χ0v) is 10.7. The van der Waals surface area contributed by atoms with Gasteiger partial charge in [0, 0.05) is 47.5 Å². The van der Waals surface area contributed by atoms with E-state index in [1.165, 1.54) is 4.90 Å². The van der Waals surface area contributed by atoms with Crippen molar-refractivity contribution < 1.29 is 18.3 Å². The summed E-state index contributed by atoms with van der Waals surface area (Å²) in [6, 6.07) is 2.86.